The Hall–Kier alpha value is -2.92. The van der Waals surface area contributed by atoms with Gasteiger partial charge in [-0.2, -0.15) is 0 Å². The lowest BCUT2D eigenvalue weighted by molar-refractivity contribution is 0.224. The quantitative estimate of drug-likeness (QED) is 0.561. The Labute approximate surface area is 151 Å². The molecule has 0 aliphatic rings. The Morgan fingerprint density at radius 2 is 2.00 bits per heavy atom. The molecule has 5 nitrogen and oxygen atoms in total. The lowest BCUT2D eigenvalue weighted by atomic mass is 10.2. The van der Waals surface area contributed by atoms with Crippen LogP contribution < -0.4 is 5.56 Å². The van der Waals surface area contributed by atoms with Crippen LogP contribution in [0, 0.1) is 6.92 Å². The minimum atomic E-state index is -0.0570. The number of benzene rings is 1. The minimum Gasteiger partial charge on any atom is -0.459 e. The standard InChI is InChI=1S/C21H21N3O2/c1-14-7-6-10-24-20(25)12-17(22-21(14)24)13-23(3)15(2)19-11-16-8-4-5-9-18(16)26-19/h4-12,15H,13H2,1-3H3/t15-/m0/s1. The van der Waals surface area contributed by atoms with Crippen molar-refractivity contribution in [2.75, 3.05) is 7.05 Å². The van der Waals surface area contributed by atoms with Gasteiger partial charge in [-0.3, -0.25) is 14.1 Å². The number of para-hydroxylation sites is 1. The fraction of sp³-hybridized carbons (Fsp3) is 0.238. The van der Waals surface area contributed by atoms with Crippen LogP contribution in [0.5, 0.6) is 0 Å². The first kappa shape index (κ1) is 16.5. The van der Waals surface area contributed by atoms with E-state index in [1.165, 1.54) is 0 Å². The molecule has 0 fully saturated rings. The number of hydrogen-bond donors (Lipinski definition) is 0. The predicted octanol–water partition coefficient (Wildman–Crippen LogP) is 3.94. The Morgan fingerprint density at radius 1 is 1.19 bits per heavy atom. The maximum Gasteiger partial charge on any atom is 0.258 e. The molecule has 0 aliphatic heterocycles. The van der Waals surface area contributed by atoms with Gasteiger partial charge in [0.1, 0.15) is 17.0 Å². The first-order valence-electron chi connectivity index (χ1n) is 8.69. The zero-order valence-corrected chi connectivity index (χ0v) is 15.1. The van der Waals surface area contributed by atoms with Crippen molar-refractivity contribution >= 4 is 16.6 Å². The molecule has 0 saturated carbocycles. The molecule has 0 amide bonds. The molecule has 26 heavy (non-hydrogen) atoms. The van der Waals surface area contributed by atoms with Crippen LogP contribution in [0.1, 0.15) is 30.0 Å². The molecule has 0 radical (unpaired) electrons. The molecule has 5 heteroatoms. The molecule has 0 unspecified atom stereocenters. The number of aromatic nitrogens is 2. The third-order valence-corrected chi connectivity index (χ3v) is 4.87. The number of hydrogen-bond acceptors (Lipinski definition) is 4. The zero-order chi connectivity index (χ0) is 18.3. The van der Waals surface area contributed by atoms with E-state index in [0.29, 0.717) is 12.2 Å². The SMILES string of the molecule is Cc1cccn2c(=O)cc(CN(C)[C@@H](C)c3cc4ccccc4o3)nc12. The number of rotatable bonds is 4. The Morgan fingerprint density at radius 3 is 2.81 bits per heavy atom. The van der Waals surface area contributed by atoms with E-state index in [-0.39, 0.29) is 11.6 Å². The largest absolute Gasteiger partial charge is 0.459 e. The van der Waals surface area contributed by atoms with Crippen LogP contribution >= 0.6 is 0 Å². The zero-order valence-electron chi connectivity index (χ0n) is 15.1. The smallest absolute Gasteiger partial charge is 0.258 e. The fourth-order valence-electron chi connectivity index (χ4n) is 3.21. The van der Waals surface area contributed by atoms with Crippen molar-refractivity contribution in [1.82, 2.24) is 14.3 Å². The monoisotopic (exact) mass is 347 g/mol. The summed E-state index contributed by atoms with van der Waals surface area (Å²) in [6, 6.07) is 15.6. The summed E-state index contributed by atoms with van der Waals surface area (Å²) >= 11 is 0. The van der Waals surface area contributed by atoms with E-state index in [1.54, 1.807) is 16.7 Å². The van der Waals surface area contributed by atoms with Crippen LogP contribution in [-0.2, 0) is 6.54 Å². The van der Waals surface area contributed by atoms with Gasteiger partial charge < -0.3 is 4.42 Å². The summed E-state index contributed by atoms with van der Waals surface area (Å²) in [6.07, 6.45) is 1.75. The van der Waals surface area contributed by atoms with E-state index in [9.17, 15) is 4.79 Å². The van der Waals surface area contributed by atoms with Crippen molar-refractivity contribution in [3.8, 4) is 0 Å². The maximum atomic E-state index is 12.4. The number of fused-ring (bicyclic) bond motifs is 2. The third-order valence-electron chi connectivity index (χ3n) is 4.87. The Bertz CT molecular complexity index is 1110. The summed E-state index contributed by atoms with van der Waals surface area (Å²) in [6.45, 7) is 4.63. The summed E-state index contributed by atoms with van der Waals surface area (Å²) in [5, 5.41) is 1.10. The molecule has 1 aromatic carbocycles. The lowest BCUT2D eigenvalue weighted by Crippen LogP contribution is -2.24. The molecular formula is C21H21N3O2. The highest BCUT2D eigenvalue weighted by Crippen LogP contribution is 2.27. The molecule has 0 aliphatic carbocycles. The molecule has 0 bridgehead atoms. The second-order valence-corrected chi connectivity index (χ2v) is 6.75. The predicted molar refractivity (Wildman–Crippen MR) is 102 cm³/mol. The van der Waals surface area contributed by atoms with Gasteiger partial charge >= 0.3 is 0 Å². The van der Waals surface area contributed by atoms with Gasteiger partial charge in [0.05, 0.1) is 11.7 Å². The first-order chi connectivity index (χ1) is 12.5. The molecular weight excluding hydrogens is 326 g/mol. The molecule has 0 saturated heterocycles. The topological polar surface area (TPSA) is 50.8 Å². The van der Waals surface area contributed by atoms with E-state index in [4.69, 9.17) is 4.42 Å². The second kappa shape index (κ2) is 6.42. The maximum absolute atomic E-state index is 12.4. The van der Waals surface area contributed by atoms with E-state index < -0.39 is 0 Å². The van der Waals surface area contributed by atoms with Gasteiger partial charge in [0.2, 0.25) is 0 Å². The average molecular weight is 347 g/mol. The van der Waals surface area contributed by atoms with E-state index >= 15 is 0 Å². The van der Waals surface area contributed by atoms with Crippen molar-refractivity contribution in [3.05, 3.63) is 82.1 Å². The summed E-state index contributed by atoms with van der Waals surface area (Å²) in [4.78, 5) is 19.2. The van der Waals surface area contributed by atoms with Crippen molar-refractivity contribution in [3.63, 3.8) is 0 Å². The minimum absolute atomic E-state index is 0.0570. The van der Waals surface area contributed by atoms with E-state index in [1.807, 2.05) is 50.4 Å². The van der Waals surface area contributed by atoms with Crippen molar-refractivity contribution in [1.29, 1.82) is 0 Å². The van der Waals surface area contributed by atoms with E-state index in [2.05, 4.69) is 22.9 Å². The summed E-state index contributed by atoms with van der Waals surface area (Å²) < 4.78 is 7.56. The highest BCUT2D eigenvalue weighted by atomic mass is 16.3. The van der Waals surface area contributed by atoms with Crippen LogP contribution in [0.4, 0.5) is 0 Å². The van der Waals surface area contributed by atoms with Crippen LogP contribution in [0.25, 0.3) is 16.6 Å². The van der Waals surface area contributed by atoms with E-state index in [0.717, 1.165) is 28.0 Å². The Kier molecular flexibility index (Phi) is 4.09. The molecule has 1 atom stereocenters. The second-order valence-electron chi connectivity index (χ2n) is 6.75. The third kappa shape index (κ3) is 2.91. The lowest BCUT2D eigenvalue weighted by Gasteiger charge is -2.22. The number of pyridine rings is 1. The summed E-state index contributed by atoms with van der Waals surface area (Å²) in [7, 11) is 2.01. The van der Waals surface area contributed by atoms with Gasteiger partial charge in [-0.1, -0.05) is 24.3 Å². The molecule has 4 rings (SSSR count). The van der Waals surface area contributed by atoms with Crippen molar-refractivity contribution < 1.29 is 4.42 Å². The van der Waals surface area contributed by atoms with Gasteiger partial charge in [-0.15, -0.1) is 0 Å². The molecule has 132 valence electrons. The number of aryl methyl sites for hydroxylation is 1. The first-order valence-corrected chi connectivity index (χ1v) is 8.69. The van der Waals surface area contributed by atoms with Crippen LogP contribution in [0.15, 0.2) is 63.9 Å². The molecule has 4 aromatic rings. The van der Waals surface area contributed by atoms with Gasteiger partial charge in [0.25, 0.3) is 5.56 Å². The Balaban J connectivity index is 1.63. The van der Waals surface area contributed by atoms with Gasteiger partial charge in [0.15, 0.2) is 0 Å². The van der Waals surface area contributed by atoms with Gasteiger partial charge in [-0.25, -0.2) is 4.98 Å². The van der Waals surface area contributed by atoms with Crippen LogP contribution in [0.3, 0.4) is 0 Å². The summed E-state index contributed by atoms with van der Waals surface area (Å²) in [5.74, 6) is 0.905. The van der Waals surface area contributed by atoms with Crippen molar-refractivity contribution in [2.24, 2.45) is 0 Å². The fourth-order valence-corrected chi connectivity index (χ4v) is 3.21. The normalized spacial score (nSPS) is 12.9. The highest BCUT2D eigenvalue weighted by molar-refractivity contribution is 5.77. The number of nitrogens with zero attached hydrogens (tertiary/aromatic N) is 3. The summed E-state index contributed by atoms with van der Waals surface area (Å²) in [5.41, 5.74) is 3.29. The average Bonchev–Trinajstić information content (AvgIpc) is 3.06. The highest BCUT2D eigenvalue weighted by Gasteiger charge is 2.17. The van der Waals surface area contributed by atoms with Crippen LogP contribution in [0.2, 0.25) is 0 Å². The van der Waals surface area contributed by atoms with Crippen LogP contribution in [-0.4, -0.2) is 21.3 Å². The molecule has 0 spiro atoms. The number of furan rings is 1. The molecule has 3 aromatic heterocycles. The molecule has 0 N–H and O–H groups in total. The van der Waals surface area contributed by atoms with Gasteiger partial charge in [0, 0.05) is 24.2 Å². The molecule has 3 heterocycles. The van der Waals surface area contributed by atoms with Crippen molar-refractivity contribution in [2.45, 2.75) is 26.4 Å². The van der Waals surface area contributed by atoms with Gasteiger partial charge in [-0.05, 0) is 44.7 Å².